The smallest absolute Gasteiger partial charge is 0.328 e. The van der Waals surface area contributed by atoms with Crippen molar-refractivity contribution in [3.05, 3.63) is 60.2 Å². The second kappa shape index (κ2) is 5.23. The minimum absolute atomic E-state index is 0.235. The average molecular weight is 243 g/mol. The van der Waals surface area contributed by atoms with E-state index in [1.807, 2.05) is 6.07 Å². The molecule has 0 saturated heterocycles. The Morgan fingerprint density at radius 3 is 2.78 bits per heavy atom. The number of benzene rings is 1. The molecule has 1 N–H and O–H groups in total. The maximum absolute atomic E-state index is 13.5. The number of aromatic nitrogens is 1. The van der Waals surface area contributed by atoms with Gasteiger partial charge in [0, 0.05) is 29.6 Å². The minimum atomic E-state index is -1.11. The van der Waals surface area contributed by atoms with Crippen LogP contribution >= 0.6 is 0 Å². The van der Waals surface area contributed by atoms with Gasteiger partial charge >= 0.3 is 5.97 Å². The van der Waals surface area contributed by atoms with Crippen molar-refractivity contribution in [1.82, 2.24) is 4.98 Å². The first kappa shape index (κ1) is 12.0. The summed E-state index contributed by atoms with van der Waals surface area (Å²) in [6, 6.07) is 8.16. The summed E-state index contributed by atoms with van der Waals surface area (Å²) in [5, 5.41) is 8.53. The van der Waals surface area contributed by atoms with Crippen LogP contribution < -0.4 is 0 Å². The van der Waals surface area contributed by atoms with E-state index < -0.39 is 11.8 Å². The highest BCUT2D eigenvalue weighted by Crippen LogP contribution is 2.21. The number of carbonyl (C=O) groups is 1. The van der Waals surface area contributed by atoms with E-state index in [9.17, 15) is 9.18 Å². The summed E-state index contributed by atoms with van der Waals surface area (Å²) in [5.41, 5.74) is 1.87. The second-order valence-electron chi connectivity index (χ2n) is 3.65. The van der Waals surface area contributed by atoms with Gasteiger partial charge in [-0.1, -0.05) is 12.1 Å². The fourth-order valence-corrected chi connectivity index (χ4v) is 1.55. The van der Waals surface area contributed by atoms with Crippen molar-refractivity contribution in [3.8, 4) is 11.1 Å². The lowest BCUT2D eigenvalue weighted by Crippen LogP contribution is -1.89. The maximum Gasteiger partial charge on any atom is 0.328 e. The van der Waals surface area contributed by atoms with Gasteiger partial charge in [-0.2, -0.15) is 0 Å². The van der Waals surface area contributed by atoms with Gasteiger partial charge in [0.1, 0.15) is 5.82 Å². The van der Waals surface area contributed by atoms with Crippen molar-refractivity contribution in [2.75, 3.05) is 0 Å². The summed E-state index contributed by atoms with van der Waals surface area (Å²) in [4.78, 5) is 14.4. The lowest BCUT2D eigenvalue weighted by Gasteiger charge is -2.03. The number of halogens is 1. The predicted molar refractivity (Wildman–Crippen MR) is 66.3 cm³/mol. The van der Waals surface area contributed by atoms with Gasteiger partial charge in [-0.25, -0.2) is 9.18 Å². The van der Waals surface area contributed by atoms with Gasteiger partial charge in [0.05, 0.1) is 0 Å². The Labute approximate surface area is 103 Å². The van der Waals surface area contributed by atoms with Gasteiger partial charge < -0.3 is 5.11 Å². The molecule has 0 saturated carbocycles. The first-order chi connectivity index (χ1) is 8.66. The van der Waals surface area contributed by atoms with Crippen LogP contribution in [0, 0.1) is 5.82 Å². The van der Waals surface area contributed by atoms with Crippen molar-refractivity contribution >= 4 is 12.0 Å². The average Bonchev–Trinajstić information content (AvgIpc) is 2.38. The van der Waals surface area contributed by atoms with Crippen LogP contribution in [-0.4, -0.2) is 16.1 Å². The Morgan fingerprint density at radius 2 is 2.11 bits per heavy atom. The van der Waals surface area contributed by atoms with E-state index in [-0.39, 0.29) is 5.56 Å². The van der Waals surface area contributed by atoms with Crippen LogP contribution in [0.3, 0.4) is 0 Å². The summed E-state index contributed by atoms with van der Waals surface area (Å²) in [6.07, 6.45) is 5.46. The van der Waals surface area contributed by atoms with Crippen LogP contribution in [0.4, 0.5) is 4.39 Å². The molecule has 0 aliphatic heterocycles. The third-order valence-electron chi connectivity index (χ3n) is 2.40. The summed E-state index contributed by atoms with van der Waals surface area (Å²) in [7, 11) is 0. The van der Waals surface area contributed by atoms with E-state index in [1.54, 1.807) is 30.6 Å². The SMILES string of the molecule is O=C(O)C=Cc1cc(-c2cccnc2)ccc1F. The number of hydrogen-bond acceptors (Lipinski definition) is 2. The van der Waals surface area contributed by atoms with Crippen molar-refractivity contribution in [2.24, 2.45) is 0 Å². The zero-order valence-corrected chi connectivity index (χ0v) is 9.38. The highest BCUT2D eigenvalue weighted by atomic mass is 19.1. The van der Waals surface area contributed by atoms with Crippen molar-refractivity contribution in [2.45, 2.75) is 0 Å². The molecule has 3 nitrogen and oxygen atoms in total. The molecule has 18 heavy (non-hydrogen) atoms. The molecule has 0 amide bonds. The van der Waals surface area contributed by atoms with Crippen LogP contribution in [0.2, 0.25) is 0 Å². The van der Waals surface area contributed by atoms with Gasteiger partial charge in [-0.05, 0) is 29.8 Å². The van der Waals surface area contributed by atoms with Gasteiger partial charge in [-0.3, -0.25) is 4.98 Å². The lowest BCUT2D eigenvalue weighted by atomic mass is 10.0. The third-order valence-corrected chi connectivity index (χ3v) is 2.40. The number of hydrogen-bond donors (Lipinski definition) is 1. The fourth-order valence-electron chi connectivity index (χ4n) is 1.55. The van der Waals surface area contributed by atoms with Gasteiger partial charge in [0.25, 0.3) is 0 Å². The summed E-state index contributed by atoms with van der Waals surface area (Å²) in [5.74, 6) is -1.57. The molecule has 0 spiro atoms. The zero-order valence-electron chi connectivity index (χ0n) is 9.38. The monoisotopic (exact) mass is 243 g/mol. The Bertz CT molecular complexity index is 594. The summed E-state index contributed by atoms with van der Waals surface area (Å²) < 4.78 is 13.5. The number of rotatable bonds is 3. The van der Waals surface area contributed by atoms with E-state index in [0.29, 0.717) is 0 Å². The number of pyridine rings is 1. The topological polar surface area (TPSA) is 50.2 Å². The largest absolute Gasteiger partial charge is 0.478 e. The highest BCUT2D eigenvalue weighted by molar-refractivity contribution is 5.85. The standard InChI is InChI=1S/C14H10FNO2/c15-13-5-3-10(12-2-1-7-16-9-12)8-11(13)4-6-14(17)18/h1-9H,(H,17,18). The molecule has 0 bridgehead atoms. The molecular weight excluding hydrogens is 233 g/mol. The molecule has 2 aromatic rings. The van der Waals surface area contributed by atoms with Gasteiger partial charge in [0.15, 0.2) is 0 Å². The Morgan fingerprint density at radius 1 is 1.28 bits per heavy atom. The second-order valence-corrected chi connectivity index (χ2v) is 3.65. The normalized spacial score (nSPS) is 10.7. The molecule has 1 aromatic carbocycles. The first-order valence-corrected chi connectivity index (χ1v) is 5.28. The molecule has 0 radical (unpaired) electrons. The third kappa shape index (κ3) is 2.79. The zero-order chi connectivity index (χ0) is 13.0. The molecule has 0 atom stereocenters. The van der Waals surface area contributed by atoms with Gasteiger partial charge in [-0.15, -0.1) is 0 Å². The molecule has 1 aromatic heterocycles. The van der Waals surface area contributed by atoms with Crippen LogP contribution in [0.25, 0.3) is 17.2 Å². The lowest BCUT2D eigenvalue weighted by molar-refractivity contribution is -0.131. The highest BCUT2D eigenvalue weighted by Gasteiger charge is 2.03. The number of carboxylic acids is 1. The van der Waals surface area contributed by atoms with Gasteiger partial charge in [0.2, 0.25) is 0 Å². The van der Waals surface area contributed by atoms with Crippen molar-refractivity contribution in [1.29, 1.82) is 0 Å². The number of nitrogens with zero attached hydrogens (tertiary/aromatic N) is 1. The maximum atomic E-state index is 13.5. The molecule has 2 rings (SSSR count). The molecular formula is C14H10FNO2. The summed E-state index contributed by atoms with van der Waals surface area (Å²) >= 11 is 0. The van der Waals surface area contributed by atoms with Crippen molar-refractivity contribution in [3.63, 3.8) is 0 Å². The quantitative estimate of drug-likeness (QED) is 0.843. The minimum Gasteiger partial charge on any atom is -0.478 e. The molecule has 0 aliphatic carbocycles. The molecule has 90 valence electrons. The van der Waals surface area contributed by atoms with Crippen molar-refractivity contribution < 1.29 is 14.3 Å². The fraction of sp³-hybridized carbons (Fsp3) is 0. The van der Waals surface area contributed by atoms with Crippen LogP contribution in [0.5, 0.6) is 0 Å². The molecule has 0 unspecified atom stereocenters. The number of aliphatic carboxylic acids is 1. The molecule has 1 heterocycles. The molecule has 0 aliphatic rings. The van der Waals surface area contributed by atoms with Crippen LogP contribution in [0.1, 0.15) is 5.56 Å². The van der Waals surface area contributed by atoms with Crippen LogP contribution in [-0.2, 0) is 4.79 Å². The van der Waals surface area contributed by atoms with E-state index in [0.717, 1.165) is 17.2 Å². The molecule has 4 heteroatoms. The Balaban J connectivity index is 2.41. The van der Waals surface area contributed by atoms with E-state index in [1.165, 1.54) is 12.1 Å². The first-order valence-electron chi connectivity index (χ1n) is 5.28. The Kier molecular flexibility index (Phi) is 3.48. The molecule has 0 fully saturated rings. The van der Waals surface area contributed by atoms with E-state index in [2.05, 4.69) is 4.98 Å². The summed E-state index contributed by atoms with van der Waals surface area (Å²) in [6.45, 7) is 0. The van der Waals surface area contributed by atoms with E-state index in [4.69, 9.17) is 5.11 Å². The number of carboxylic acid groups (broad SMARTS) is 1. The van der Waals surface area contributed by atoms with Crippen LogP contribution in [0.15, 0.2) is 48.8 Å². The van der Waals surface area contributed by atoms with E-state index >= 15 is 0 Å². The predicted octanol–water partition coefficient (Wildman–Crippen LogP) is 2.99. The Hall–Kier alpha value is -2.49.